The molecule has 1 aromatic carbocycles. The number of benzene rings is 1. The highest BCUT2D eigenvalue weighted by molar-refractivity contribution is 6.02. The zero-order valence-electron chi connectivity index (χ0n) is 13.8. The molecule has 2 unspecified atom stereocenters. The molecule has 0 saturated heterocycles. The fourth-order valence-corrected chi connectivity index (χ4v) is 2.98. The summed E-state index contributed by atoms with van der Waals surface area (Å²) in [4.78, 5) is 27.5. The van der Waals surface area contributed by atoms with E-state index in [0.29, 0.717) is 12.1 Å². The lowest BCUT2D eigenvalue weighted by molar-refractivity contribution is -0.122. The molecule has 2 atom stereocenters. The van der Waals surface area contributed by atoms with Gasteiger partial charge in [-0.1, -0.05) is 38.5 Å². The molecule has 6 nitrogen and oxygen atoms in total. The Morgan fingerprint density at radius 2 is 2.12 bits per heavy atom. The largest absolute Gasteiger partial charge is 0.324 e. The van der Waals surface area contributed by atoms with Gasteiger partial charge in [0.2, 0.25) is 5.91 Å². The normalized spacial score (nSPS) is 18.3. The zero-order chi connectivity index (χ0) is 17.1. The van der Waals surface area contributed by atoms with Crippen LogP contribution in [0.15, 0.2) is 42.7 Å². The van der Waals surface area contributed by atoms with Gasteiger partial charge in [-0.15, -0.1) is 0 Å². The van der Waals surface area contributed by atoms with Crippen LogP contribution in [-0.2, 0) is 11.3 Å². The van der Waals surface area contributed by atoms with Gasteiger partial charge in [0.05, 0.1) is 18.0 Å². The van der Waals surface area contributed by atoms with Crippen LogP contribution in [0, 0.1) is 5.92 Å². The van der Waals surface area contributed by atoms with Gasteiger partial charge in [0, 0.05) is 12.2 Å². The standard InChI is InChI=1S/C18H20N4O2/c1-3-12(2)16-17(23)21-15-7-5-4-6-14(15)11-22(16)18(24)13-8-9-19-20-10-13/h4-10,12,16H,3,11H2,1-2H3,(H,21,23). The van der Waals surface area contributed by atoms with E-state index in [-0.39, 0.29) is 17.7 Å². The highest BCUT2D eigenvalue weighted by atomic mass is 16.2. The van der Waals surface area contributed by atoms with Gasteiger partial charge in [0.25, 0.3) is 5.91 Å². The topological polar surface area (TPSA) is 75.2 Å². The van der Waals surface area contributed by atoms with Crippen LogP contribution in [0.4, 0.5) is 5.69 Å². The number of nitrogens with one attached hydrogen (secondary N) is 1. The molecule has 3 rings (SSSR count). The smallest absolute Gasteiger partial charge is 0.256 e. The number of rotatable bonds is 3. The summed E-state index contributed by atoms with van der Waals surface area (Å²) in [6, 6.07) is 8.68. The molecule has 0 spiro atoms. The van der Waals surface area contributed by atoms with Crippen LogP contribution in [0.2, 0.25) is 0 Å². The average Bonchev–Trinajstić information content (AvgIpc) is 2.77. The Labute approximate surface area is 140 Å². The third-order valence-electron chi connectivity index (χ3n) is 4.50. The Bertz CT molecular complexity index is 748. The van der Waals surface area contributed by atoms with Crippen molar-refractivity contribution in [3.63, 3.8) is 0 Å². The molecule has 24 heavy (non-hydrogen) atoms. The van der Waals surface area contributed by atoms with Crippen molar-refractivity contribution in [3.8, 4) is 0 Å². The lowest BCUT2D eigenvalue weighted by atomic mass is 9.96. The monoisotopic (exact) mass is 324 g/mol. The third-order valence-corrected chi connectivity index (χ3v) is 4.50. The molecule has 1 aliphatic heterocycles. The van der Waals surface area contributed by atoms with E-state index in [0.717, 1.165) is 17.7 Å². The molecule has 1 aliphatic rings. The van der Waals surface area contributed by atoms with E-state index in [1.807, 2.05) is 38.1 Å². The number of hydrogen-bond acceptors (Lipinski definition) is 4. The first-order chi connectivity index (χ1) is 11.6. The number of aromatic nitrogens is 2. The molecule has 2 aromatic rings. The van der Waals surface area contributed by atoms with Gasteiger partial charge in [0.15, 0.2) is 0 Å². The predicted octanol–water partition coefficient (Wildman–Crippen LogP) is 2.49. The summed E-state index contributed by atoms with van der Waals surface area (Å²) < 4.78 is 0. The molecule has 0 saturated carbocycles. The number of carbonyl (C=O) groups is 2. The quantitative estimate of drug-likeness (QED) is 0.941. The van der Waals surface area contributed by atoms with E-state index >= 15 is 0 Å². The van der Waals surface area contributed by atoms with E-state index < -0.39 is 6.04 Å². The van der Waals surface area contributed by atoms with Crippen LogP contribution in [0.3, 0.4) is 0 Å². The molecule has 1 aromatic heterocycles. The number of nitrogens with zero attached hydrogens (tertiary/aromatic N) is 3. The second-order valence-corrected chi connectivity index (χ2v) is 6.04. The Hall–Kier alpha value is -2.76. The maximum absolute atomic E-state index is 13.0. The van der Waals surface area contributed by atoms with Gasteiger partial charge in [-0.2, -0.15) is 10.2 Å². The Morgan fingerprint density at radius 3 is 2.83 bits per heavy atom. The first-order valence-electron chi connectivity index (χ1n) is 8.08. The lowest BCUT2D eigenvalue weighted by Crippen LogP contribution is -2.48. The molecule has 2 heterocycles. The first kappa shape index (κ1) is 16.1. The minimum atomic E-state index is -0.525. The summed E-state index contributed by atoms with van der Waals surface area (Å²) in [6.07, 6.45) is 3.72. The van der Waals surface area contributed by atoms with Gasteiger partial charge in [-0.25, -0.2) is 0 Å². The summed E-state index contributed by atoms with van der Waals surface area (Å²) in [6.45, 7) is 4.39. The number of amides is 2. The van der Waals surface area contributed by atoms with Gasteiger partial charge in [0.1, 0.15) is 6.04 Å². The first-order valence-corrected chi connectivity index (χ1v) is 8.08. The number of fused-ring (bicyclic) bond motifs is 1. The molecular formula is C18H20N4O2. The molecule has 0 fully saturated rings. The van der Waals surface area contributed by atoms with E-state index in [2.05, 4.69) is 15.5 Å². The van der Waals surface area contributed by atoms with Crippen LogP contribution in [0.5, 0.6) is 0 Å². The highest BCUT2D eigenvalue weighted by Crippen LogP contribution is 2.28. The Morgan fingerprint density at radius 1 is 1.33 bits per heavy atom. The summed E-state index contributed by atoms with van der Waals surface area (Å²) >= 11 is 0. The highest BCUT2D eigenvalue weighted by Gasteiger charge is 2.36. The summed E-state index contributed by atoms with van der Waals surface area (Å²) in [5.41, 5.74) is 2.12. The molecule has 6 heteroatoms. The molecule has 0 bridgehead atoms. The average molecular weight is 324 g/mol. The van der Waals surface area contributed by atoms with Crippen molar-refractivity contribution in [3.05, 3.63) is 53.9 Å². The van der Waals surface area contributed by atoms with Crippen LogP contribution < -0.4 is 5.32 Å². The van der Waals surface area contributed by atoms with E-state index in [9.17, 15) is 9.59 Å². The van der Waals surface area contributed by atoms with Gasteiger partial charge < -0.3 is 10.2 Å². The summed E-state index contributed by atoms with van der Waals surface area (Å²) in [5.74, 6) is -0.315. The maximum Gasteiger partial charge on any atom is 0.256 e. The molecule has 0 radical (unpaired) electrons. The van der Waals surface area contributed by atoms with Crippen LogP contribution in [-0.4, -0.2) is 33.0 Å². The van der Waals surface area contributed by atoms with Crippen molar-refractivity contribution < 1.29 is 9.59 Å². The fraction of sp³-hybridized carbons (Fsp3) is 0.333. The summed E-state index contributed by atoms with van der Waals surface area (Å²) in [5, 5.41) is 10.5. The van der Waals surface area contributed by atoms with Gasteiger partial charge in [-0.05, 0) is 23.6 Å². The van der Waals surface area contributed by atoms with Gasteiger partial charge in [-0.3, -0.25) is 9.59 Å². The SMILES string of the molecule is CCC(C)C1C(=O)Nc2ccccc2CN1C(=O)c1ccnnc1. The van der Waals surface area contributed by atoms with Crippen LogP contribution in [0.1, 0.15) is 36.2 Å². The van der Waals surface area contributed by atoms with Gasteiger partial charge >= 0.3 is 0 Å². The number of anilines is 1. The number of para-hydroxylation sites is 1. The second kappa shape index (κ2) is 6.78. The molecule has 0 aliphatic carbocycles. The molecule has 124 valence electrons. The van der Waals surface area contributed by atoms with Crippen molar-refractivity contribution in [1.29, 1.82) is 0 Å². The maximum atomic E-state index is 13.0. The van der Waals surface area contributed by atoms with Crippen molar-refractivity contribution >= 4 is 17.5 Å². The second-order valence-electron chi connectivity index (χ2n) is 6.04. The minimum absolute atomic E-state index is 0.0399. The van der Waals surface area contributed by atoms with Crippen molar-refractivity contribution in [2.24, 2.45) is 5.92 Å². The minimum Gasteiger partial charge on any atom is -0.324 e. The van der Waals surface area contributed by atoms with Crippen LogP contribution >= 0.6 is 0 Å². The van der Waals surface area contributed by atoms with Crippen LogP contribution in [0.25, 0.3) is 0 Å². The fourth-order valence-electron chi connectivity index (χ4n) is 2.98. The number of carbonyl (C=O) groups excluding carboxylic acids is 2. The van der Waals surface area contributed by atoms with E-state index in [1.54, 1.807) is 11.0 Å². The molecular weight excluding hydrogens is 304 g/mol. The van der Waals surface area contributed by atoms with Crippen molar-refractivity contribution in [2.75, 3.05) is 5.32 Å². The van der Waals surface area contributed by atoms with E-state index in [4.69, 9.17) is 0 Å². The lowest BCUT2D eigenvalue weighted by Gasteiger charge is -2.32. The summed E-state index contributed by atoms with van der Waals surface area (Å²) in [7, 11) is 0. The molecule has 1 N–H and O–H groups in total. The Balaban J connectivity index is 2.04. The molecule has 2 amide bonds. The van der Waals surface area contributed by atoms with Crippen molar-refractivity contribution in [2.45, 2.75) is 32.9 Å². The number of hydrogen-bond donors (Lipinski definition) is 1. The predicted molar refractivity (Wildman–Crippen MR) is 90.2 cm³/mol. The van der Waals surface area contributed by atoms with Crippen molar-refractivity contribution in [1.82, 2.24) is 15.1 Å². The third kappa shape index (κ3) is 2.99. The van der Waals surface area contributed by atoms with E-state index in [1.165, 1.54) is 12.4 Å². The zero-order valence-corrected chi connectivity index (χ0v) is 13.8. The Kier molecular flexibility index (Phi) is 4.55.